The van der Waals surface area contributed by atoms with E-state index >= 15 is 0 Å². The van der Waals surface area contributed by atoms with Gasteiger partial charge in [-0.3, -0.25) is 4.79 Å². The monoisotopic (exact) mass is 169 g/mol. The van der Waals surface area contributed by atoms with Gasteiger partial charge in [0.15, 0.2) is 5.78 Å². The maximum Gasteiger partial charge on any atom is 0.176 e. The highest BCUT2D eigenvalue weighted by Gasteiger charge is 2.11. The highest BCUT2D eigenvalue weighted by Crippen LogP contribution is 2.08. The highest BCUT2D eigenvalue weighted by molar-refractivity contribution is 6.37. The Morgan fingerprint density at radius 2 is 1.75 bits per heavy atom. The van der Waals surface area contributed by atoms with Crippen LogP contribution in [-0.4, -0.2) is 17.3 Å². The summed E-state index contributed by atoms with van der Waals surface area (Å²) < 4.78 is 0. The standard InChI is InChI=1S/C9H15NO2/c1-6(4-7(2)11)5-9(12)8(3)10/h6,10H,4-5H2,1-3H3. The van der Waals surface area contributed by atoms with Crippen LogP contribution in [0.15, 0.2) is 0 Å². The topological polar surface area (TPSA) is 58.0 Å². The summed E-state index contributed by atoms with van der Waals surface area (Å²) in [5.74, 6) is -0.00279. The second-order valence-corrected chi connectivity index (χ2v) is 3.26. The number of nitrogens with one attached hydrogen (secondary N) is 1. The fourth-order valence-corrected chi connectivity index (χ4v) is 1.03. The highest BCUT2D eigenvalue weighted by atomic mass is 16.1. The molecule has 0 radical (unpaired) electrons. The first-order valence-corrected chi connectivity index (χ1v) is 4.01. The van der Waals surface area contributed by atoms with Gasteiger partial charge in [-0.1, -0.05) is 6.92 Å². The smallest absolute Gasteiger partial charge is 0.176 e. The molecule has 1 N–H and O–H groups in total. The van der Waals surface area contributed by atoms with Gasteiger partial charge < -0.3 is 10.2 Å². The third kappa shape index (κ3) is 4.77. The van der Waals surface area contributed by atoms with Crippen LogP contribution in [0.25, 0.3) is 0 Å². The third-order valence-electron chi connectivity index (χ3n) is 1.59. The lowest BCUT2D eigenvalue weighted by molar-refractivity contribution is -0.118. The van der Waals surface area contributed by atoms with Gasteiger partial charge in [-0.25, -0.2) is 0 Å². The third-order valence-corrected chi connectivity index (χ3v) is 1.59. The van der Waals surface area contributed by atoms with E-state index in [9.17, 15) is 9.59 Å². The normalized spacial score (nSPS) is 12.2. The summed E-state index contributed by atoms with van der Waals surface area (Å²) in [5, 5.41) is 7.04. The maximum atomic E-state index is 11.0. The molecule has 3 heteroatoms. The van der Waals surface area contributed by atoms with Crippen LogP contribution in [0.1, 0.15) is 33.6 Å². The minimum atomic E-state index is -0.163. The van der Waals surface area contributed by atoms with Crippen LogP contribution in [-0.2, 0) is 9.59 Å². The Bertz CT molecular complexity index is 209. The number of carbonyl (C=O) groups excluding carboxylic acids is 2. The lowest BCUT2D eigenvalue weighted by Crippen LogP contribution is -2.14. The summed E-state index contributed by atoms with van der Waals surface area (Å²) in [6.07, 6.45) is 0.744. The lowest BCUT2D eigenvalue weighted by atomic mass is 9.97. The van der Waals surface area contributed by atoms with Crippen LogP contribution >= 0.6 is 0 Å². The van der Waals surface area contributed by atoms with Crippen LogP contribution in [0.4, 0.5) is 0 Å². The minimum Gasteiger partial charge on any atom is -0.302 e. The van der Waals surface area contributed by atoms with Crippen molar-refractivity contribution in [1.29, 1.82) is 5.41 Å². The fourth-order valence-electron chi connectivity index (χ4n) is 1.03. The summed E-state index contributed by atoms with van der Waals surface area (Å²) in [4.78, 5) is 21.6. The number of rotatable bonds is 5. The fraction of sp³-hybridized carbons (Fsp3) is 0.667. The average Bonchev–Trinajstić information content (AvgIpc) is 1.84. The molecule has 0 bridgehead atoms. The van der Waals surface area contributed by atoms with Crippen molar-refractivity contribution in [1.82, 2.24) is 0 Å². The van der Waals surface area contributed by atoms with Gasteiger partial charge in [0.2, 0.25) is 0 Å². The largest absolute Gasteiger partial charge is 0.302 e. The van der Waals surface area contributed by atoms with Gasteiger partial charge in [-0.05, 0) is 19.8 Å². The summed E-state index contributed by atoms with van der Waals surface area (Å²) >= 11 is 0. The molecule has 0 aromatic carbocycles. The maximum absolute atomic E-state index is 11.0. The molecule has 0 saturated carbocycles. The predicted molar refractivity (Wildman–Crippen MR) is 47.5 cm³/mol. The van der Waals surface area contributed by atoms with Crippen LogP contribution in [0.3, 0.4) is 0 Å². The van der Waals surface area contributed by atoms with Crippen molar-refractivity contribution in [3.05, 3.63) is 0 Å². The molecule has 0 spiro atoms. The molecule has 68 valence electrons. The average molecular weight is 169 g/mol. The summed E-state index contributed by atoms with van der Waals surface area (Å²) in [5.41, 5.74) is 0.0744. The number of Topliss-reactive ketones (excluding diaryl/α,β-unsaturated/α-hetero) is 2. The molecule has 0 amide bonds. The molecule has 0 fully saturated rings. The van der Waals surface area contributed by atoms with E-state index in [0.29, 0.717) is 12.8 Å². The molecule has 0 heterocycles. The summed E-state index contributed by atoms with van der Waals surface area (Å²) in [6, 6.07) is 0. The number of hydrogen-bond acceptors (Lipinski definition) is 3. The van der Waals surface area contributed by atoms with Gasteiger partial charge in [0, 0.05) is 12.8 Å². The Hall–Kier alpha value is -0.990. The van der Waals surface area contributed by atoms with Crippen LogP contribution in [0, 0.1) is 11.3 Å². The van der Waals surface area contributed by atoms with E-state index < -0.39 is 0 Å². The first-order valence-electron chi connectivity index (χ1n) is 4.01. The van der Waals surface area contributed by atoms with E-state index in [1.807, 2.05) is 6.92 Å². The first-order chi connectivity index (χ1) is 5.43. The molecule has 0 rings (SSSR count). The molecule has 0 aromatic rings. The molecule has 0 aliphatic heterocycles. The molecule has 1 unspecified atom stereocenters. The van der Waals surface area contributed by atoms with Crippen LogP contribution in [0.5, 0.6) is 0 Å². The van der Waals surface area contributed by atoms with E-state index in [0.717, 1.165) is 0 Å². The van der Waals surface area contributed by atoms with Crippen molar-refractivity contribution in [2.45, 2.75) is 33.6 Å². The Morgan fingerprint density at radius 1 is 1.25 bits per heavy atom. The van der Waals surface area contributed by atoms with Gasteiger partial charge in [-0.15, -0.1) is 0 Å². The zero-order valence-electron chi connectivity index (χ0n) is 7.81. The van der Waals surface area contributed by atoms with Gasteiger partial charge in [0.25, 0.3) is 0 Å². The van der Waals surface area contributed by atoms with Gasteiger partial charge in [-0.2, -0.15) is 0 Å². The molecule has 0 aliphatic rings. The van der Waals surface area contributed by atoms with E-state index in [4.69, 9.17) is 5.41 Å². The Labute approximate surface area is 72.7 Å². The molecular weight excluding hydrogens is 154 g/mol. The first kappa shape index (κ1) is 11.0. The van der Waals surface area contributed by atoms with Crippen molar-refractivity contribution in [2.24, 2.45) is 5.92 Å². The van der Waals surface area contributed by atoms with Crippen molar-refractivity contribution in [2.75, 3.05) is 0 Å². The zero-order chi connectivity index (χ0) is 9.72. The number of hydrogen-bond donors (Lipinski definition) is 1. The Kier molecular flexibility index (Phi) is 4.40. The quantitative estimate of drug-likeness (QED) is 0.635. The van der Waals surface area contributed by atoms with E-state index in [1.165, 1.54) is 13.8 Å². The van der Waals surface area contributed by atoms with Crippen LogP contribution in [0.2, 0.25) is 0 Å². The Balaban J connectivity index is 3.84. The number of ketones is 2. The van der Waals surface area contributed by atoms with Crippen LogP contribution < -0.4 is 0 Å². The van der Waals surface area contributed by atoms with Gasteiger partial charge >= 0.3 is 0 Å². The lowest BCUT2D eigenvalue weighted by Gasteiger charge is -2.06. The van der Waals surface area contributed by atoms with Crippen molar-refractivity contribution in [3.8, 4) is 0 Å². The second kappa shape index (κ2) is 4.80. The van der Waals surface area contributed by atoms with Crippen molar-refractivity contribution < 1.29 is 9.59 Å². The number of carbonyl (C=O) groups is 2. The second-order valence-electron chi connectivity index (χ2n) is 3.26. The minimum absolute atomic E-state index is 0.0651. The van der Waals surface area contributed by atoms with E-state index in [2.05, 4.69) is 0 Å². The zero-order valence-corrected chi connectivity index (χ0v) is 7.81. The van der Waals surface area contributed by atoms with Gasteiger partial charge in [0.1, 0.15) is 5.78 Å². The van der Waals surface area contributed by atoms with Gasteiger partial charge in [0.05, 0.1) is 5.71 Å². The van der Waals surface area contributed by atoms with E-state index in [-0.39, 0.29) is 23.2 Å². The molecular formula is C9H15NO2. The van der Waals surface area contributed by atoms with Crippen molar-refractivity contribution in [3.63, 3.8) is 0 Å². The predicted octanol–water partition coefficient (Wildman–Crippen LogP) is 1.60. The summed E-state index contributed by atoms with van der Waals surface area (Å²) in [7, 11) is 0. The Morgan fingerprint density at radius 3 is 2.08 bits per heavy atom. The molecule has 0 aromatic heterocycles. The molecule has 1 atom stereocenters. The summed E-state index contributed by atoms with van der Waals surface area (Å²) in [6.45, 7) is 4.84. The molecule has 12 heavy (non-hydrogen) atoms. The SMILES string of the molecule is CC(=N)C(=O)CC(C)CC(C)=O. The van der Waals surface area contributed by atoms with E-state index in [1.54, 1.807) is 0 Å². The molecule has 3 nitrogen and oxygen atoms in total. The van der Waals surface area contributed by atoms with Crippen molar-refractivity contribution >= 4 is 17.3 Å². The molecule has 0 saturated heterocycles. The molecule has 0 aliphatic carbocycles.